The molecule has 0 unspecified atom stereocenters. The van der Waals surface area contributed by atoms with Gasteiger partial charge in [-0.05, 0) is 17.2 Å². The van der Waals surface area contributed by atoms with Crippen molar-refractivity contribution in [3.05, 3.63) is 54.4 Å². The van der Waals surface area contributed by atoms with Gasteiger partial charge in [-0.2, -0.15) is 29.4 Å². The minimum Gasteiger partial charge on any atom is -0.290 e. The summed E-state index contributed by atoms with van der Waals surface area (Å²) in [4.78, 5) is 66.4. The van der Waals surface area contributed by atoms with E-state index in [-0.39, 0.29) is 5.82 Å². The zero-order valence-electron chi connectivity index (χ0n) is 14.2. The Hall–Kier alpha value is -1.58. The van der Waals surface area contributed by atoms with E-state index >= 15 is 0 Å². The molecule has 1 aromatic carbocycles. The van der Waals surface area contributed by atoms with Crippen LogP contribution in [-0.2, 0) is 0 Å². The first kappa shape index (κ1) is 19.7. The van der Waals surface area contributed by atoms with Crippen LogP contribution < -0.4 is 5.32 Å². The highest BCUT2D eigenvalue weighted by Gasteiger charge is 2.65. The standard InChI is InChI=1S/C16H17N3O6P2S/c20-26(21,22)16(27(23,24)25)19-14-12-7-13(28-15(12)18-8-17-14)11-5-3-10(4-6-11)9-1-2-9/h1-9,16,20-25H,(H,17,18,19)/q+2. The Labute approximate surface area is 164 Å². The van der Waals surface area contributed by atoms with Crippen LogP contribution in [0, 0.1) is 0 Å². The molecule has 0 aliphatic heterocycles. The molecule has 0 bridgehead atoms. The molecule has 0 saturated carbocycles. The van der Waals surface area contributed by atoms with Crippen LogP contribution in [0.15, 0.2) is 48.8 Å². The summed E-state index contributed by atoms with van der Waals surface area (Å²) in [7, 11) is -9.65. The van der Waals surface area contributed by atoms with Gasteiger partial charge in [0.2, 0.25) is 0 Å². The van der Waals surface area contributed by atoms with E-state index in [2.05, 4.69) is 27.4 Å². The number of rotatable bonds is 6. The molecule has 4 rings (SSSR count). The van der Waals surface area contributed by atoms with Crippen LogP contribution in [0.2, 0.25) is 0 Å². The van der Waals surface area contributed by atoms with Crippen molar-refractivity contribution in [2.75, 3.05) is 5.32 Å². The molecule has 9 nitrogen and oxygen atoms in total. The fourth-order valence-corrected chi connectivity index (χ4v) is 6.02. The molecule has 0 fully saturated rings. The largest absolute Gasteiger partial charge is 0.478 e. The maximum atomic E-state index is 9.47. The number of nitrogens with zero attached hydrogens (tertiary/aromatic N) is 2. The minimum absolute atomic E-state index is 0.0272. The third-order valence-electron chi connectivity index (χ3n) is 4.22. The van der Waals surface area contributed by atoms with E-state index in [9.17, 15) is 29.4 Å². The van der Waals surface area contributed by atoms with Gasteiger partial charge in [0.25, 0.3) is 0 Å². The fraction of sp³-hybridized carbons (Fsp3) is 0.125. The Morgan fingerprint density at radius 3 is 2.14 bits per heavy atom. The molecule has 28 heavy (non-hydrogen) atoms. The van der Waals surface area contributed by atoms with E-state index in [0.29, 0.717) is 16.1 Å². The Bertz CT molecular complexity index is 1030. The Kier molecular flexibility index (Phi) is 4.96. The number of thiophene rings is 1. The van der Waals surface area contributed by atoms with Gasteiger partial charge in [0.15, 0.2) is 0 Å². The molecular formula is C16H17N3O6P2S+2. The van der Waals surface area contributed by atoms with Crippen molar-refractivity contribution in [2.45, 2.75) is 11.4 Å². The smallest absolute Gasteiger partial charge is 0.290 e. The minimum atomic E-state index is -4.83. The summed E-state index contributed by atoms with van der Waals surface area (Å²) in [6.45, 7) is 0. The van der Waals surface area contributed by atoms with Crippen molar-refractivity contribution >= 4 is 43.3 Å². The Morgan fingerprint density at radius 2 is 1.57 bits per heavy atom. The number of hydrogen-bond acceptors (Lipinski definition) is 10. The molecule has 1 aliphatic carbocycles. The van der Waals surface area contributed by atoms with Crippen molar-refractivity contribution < 1.29 is 29.4 Å². The van der Waals surface area contributed by atoms with E-state index in [0.717, 1.165) is 10.4 Å². The molecule has 7 N–H and O–H groups in total. The van der Waals surface area contributed by atoms with Crippen LogP contribution in [0.5, 0.6) is 0 Å². The van der Waals surface area contributed by atoms with Gasteiger partial charge < -0.3 is 0 Å². The molecule has 2 aromatic heterocycles. The van der Waals surface area contributed by atoms with Gasteiger partial charge in [0.05, 0.1) is 5.39 Å². The van der Waals surface area contributed by atoms with Crippen molar-refractivity contribution in [2.24, 2.45) is 0 Å². The van der Waals surface area contributed by atoms with E-state index in [4.69, 9.17) is 0 Å². The summed E-state index contributed by atoms with van der Waals surface area (Å²) in [5.74, 6) is 0.438. The summed E-state index contributed by atoms with van der Waals surface area (Å²) in [5.41, 5.74) is 0.00135. The average molecular weight is 441 g/mol. The molecule has 0 saturated heterocycles. The van der Waals surface area contributed by atoms with E-state index < -0.39 is 21.4 Å². The second-order valence-electron chi connectivity index (χ2n) is 6.33. The molecule has 1 aliphatic rings. The Morgan fingerprint density at radius 1 is 0.929 bits per heavy atom. The van der Waals surface area contributed by atoms with Crippen LogP contribution in [0.1, 0.15) is 11.5 Å². The lowest BCUT2D eigenvalue weighted by Gasteiger charge is -2.18. The van der Waals surface area contributed by atoms with E-state index in [1.807, 2.05) is 24.3 Å². The van der Waals surface area contributed by atoms with Crippen molar-refractivity contribution in [3.63, 3.8) is 0 Å². The lowest BCUT2D eigenvalue weighted by Crippen LogP contribution is -2.26. The van der Waals surface area contributed by atoms with Gasteiger partial charge in [0, 0.05) is 10.8 Å². The molecule has 0 atom stereocenters. The van der Waals surface area contributed by atoms with Crippen molar-refractivity contribution in [1.82, 2.24) is 9.97 Å². The first-order chi connectivity index (χ1) is 13.1. The number of aromatic nitrogens is 2. The second-order valence-corrected chi connectivity index (χ2v) is 11.3. The SMILES string of the molecule is O[P+](O)(O)C(Nc1ncnc2sc(-c3ccc(C4C=C4)cc3)cc12)[P+](O)(O)O. The zero-order valence-corrected chi connectivity index (χ0v) is 16.8. The lowest BCUT2D eigenvalue weighted by atomic mass is 10.1. The molecule has 0 radical (unpaired) electrons. The maximum Gasteiger partial charge on any atom is 0.478 e. The van der Waals surface area contributed by atoms with Crippen molar-refractivity contribution in [3.8, 4) is 10.4 Å². The molecule has 12 heteroatoms. The highest BCUT2D eigenvalue weighted by molar-refractivity contribution is 7.77. The van der Waals surface area contributed by atoms with E-state index in [1.54, 1.807) is 6.07 Å². The highest BCUT2D eigenvalue weighted by Crippen LogP contribution is 2.68. The van der Waals surface area contributed by atoms with Gasteiger partial charge in [-0.15, -0.1) is 11.3 Å². The summed E-state index contributed by atoms with van der Waals surface area (Å²) < 4.78 is 0. The summed E-state index contributed by atoms with van der Waals surface area (Å²) >= 11 is 1.37. The number of fused-ring (bicyclic) bond motifs is 1. The molecule has 0 amide bonds. The number of benzene rings is 1. The van der Waals surface area contributed by atoms with Crippen molar-refractivity contribution in [1.29, 1.82) is 0 Å². The van der Waals surface area contributed by atoms with Crippen LogP contribution in [-0.4, -0.2) is 44.9 Å². The summed E-state index contributed by atoms with van der Waals surface area (Å²) in [6, 6.07) is 9.81. The average Bonchev–Trinajstić information content (AvgIpc) is 3.36. The molecule has 2 heterocycles. The topological polar surface area (TPSA) is 159 Å². The van der Waals surface area contributed by atoms with E-state index in [1.165, 1.54) is 23.2 Å². The quantitative estimate of drug-likeness (QED) is 0.225. The summed E-state index contributed by atoms with van der Waals surface area (Å²) in [6.07, 6.45) is 5.43. The lowest BCUT2D eigenvalue weighted by molar-refractivity contribution is 0.296. The van der Waals surface area contributed by atoms with Crippen LogP contribution in [0.4, 0.5) is 5.82 Å². The van der Waals surface area contributed by atoms with Gasteiger partial charge in [-0.3, -0.25) is 5.32 Å². The first-order valence-electron chi connectivity index (χ1n) is 8.06. The normalized spacial score (nSPS) is 14.8. The van der Waals surface area contributed by atoms with Crippen LogP contribution >= 0.6 is 27.2 Å². The third kappa shape index (κ3) is 4.06. The van der Waals surface area contributed by atoms with Gasteiger partial charge >= 0.3 is 21.4 Å². The summed E-state index contributed by atoms with van der Waals surface area (Å²) in [5, 5.41) is 2.82. The number of nitrogens with one attached hydrogen (secondary N) is 1. The van der Waals surface area contributed by atoms with Crippen LogP contribution in [0.3, 0.4) is 0 Å². The molecular weight excluding hydrogens is 424 g/mol. The van der Waals surface area contributed by atoms with Gasteiger partial charge in [0.1, 0.15) is 17.0 Å². The highest BCUT2D eigenvalue weighted by atomic mass is 32.1. The Balaban J connectivity index is 1.68. The predicted molar refractivity (Wildman–Crippen MR) is 109 cm³/mol. The number of allylic oxidation sites excluding steroid dienone is 2. The van der Waals surface area contributed by atoms with Gasteiger partial charge in [-0.25, -0.2) is 9.97 Å². The second kappa shape index (κ2) is 7.03. The predicted octanol–water partition coefficient (Wildman–Crippen LogP) is 2.19. The van der Waals surface area contributed by atoms with Crippen LogP contribution in [0.25, 0.3) is 20.7 Å². The molecule has 3 aromatic rings. The fourth-order valence-electron chi connectivity index (χ4n) is 2.76. The monoisotopic (exact) mass is 441 g/mol. The molecule has 0 spiro atoms. The van der Waals surface area contributed by atoms with Gasteiger partial charge in [-0.1, -0.05) is 36.4 Å². The maximum absolute atomic E-state index is 9.47. The first-order valence-corrected chi connectivity index (χ1v) is 12.3. The number of anilines is 1. The number of hydrogen-bond donors (Lipinski definition) is 7. The zero-order chi connectivity index (χ0) is 20.1. The third-order valence-corrected chi connectivity index (χ3v) is 8.74. The molecule has 146 valence electrons.